The van der Waals surface area contributed by atoms with Gasteiger partial charge in [0, 0.05) is 26.6 Å². The van der Waals surface area contributed by atoms with E-state index in [9.17, 15) is 14.0 Å². The lowest BCUT2D eigenvalue weighted by atomic mass is 10.1. The number of ether oxygens (including phenoxy) is 1. The number of benzene rings is 1. The number of amides is 2. The molecule has 5 nitrogen and oxygen atoms in total. The number of hydrogen-bond donors (Lipinski definition) is 0. The van der Waals surface area contributed by atoms with Crippen LogP contribution in [0.1, 0.15) is 12.0 Å². The van der Waals surface area contributed by atoms with Gasteiger partial charge < -0.3 is 14.5 Å². The number of hydrogen-bond acceptors (Lipinski definition) is 3. The molecule has 0 spiro atoms. The van der Waals surface area contributed by atoms with Gasteiger partial charge in [-0.2, -0.15) is 0 Å². The number of halogens is 1. The lowest BCUT2D eigenvalue weighted by Gasteiger charge is -2.29. The minimum atomic E-state index is -0.301. The molecule has 2 bridgehead atoms. The number of rotatable bonds is 3. The highest BCUT2D eigenvalue weighted by Crippen LogP contribution is 2.20. The maximum Gasteiger partial charge on any atom is 0.229 e. The predicted octanol–water partition coefficient (Wildman–Crippen LogP) is 1.07. The number of aryl methyl sites for hydroxylation is 1. The van der Waals surface area contributed by atoms with Gasteiger partial charge in [-0.25, -0.2) is 4.39 Å². The molecule has 0 radical (unpaired) electrons. The summed E-state index contributed by atoms with van der Waals surface area (Å²) in [6, 6.07) is 6.40. The van der Waals surface area contributed by atoms with Crippen molar-refractivity contribution in [2.24, 2.45) is 5.92 Å². The van der Waals surface area contributed by atoms with E-state index >= 15 is 0 Å². The number of nitrogens with zero attached hydrogens (tertiary/aromatic N) is 2. The average molecular weight is 320 g/mol. The van der Waals surface area contributed by atoms with E-state index < -0.39 is 0 Å². The Morgan fingerprint density at radius 2 is 2.09 bits per heavy atom. The SMILES string of the molecule is CN1C(=O)[C@H]2COC[C@@H]1CN(C(=O)CCc1ccccc1F)C2. The van der Waals surface area contributed by atoms with Crippen molar-refractivity contribution in [2.75, 3.05) is 33.4 Å². The van der Waals surface area contributed by atoms with Crippen LogP contribution >= 0.6 is 0 Å². The first-order valence-corrected chi connectivity index (χ1v) is 7.92. The summed E-state index contributed by atoms with van der Waals surface area (Å²) in [5.74, 6) is -0.577. The Labute approximate surface area is 135 Å². The zero-order valence-corrected chi connectivity index (χ0v) is 13.2. The minimum Gasteiger partial charge on any atom is -0.378 e. The van der Waals surface area contributed by atoms with Crippen LogP contribution in [0.4, 0.5) is 4.39 Å². The molecule has 2 aliphatic heterocycles. The quantitative estimate of drug-likeness (QED) is 0.837. The van der Waals surface area contributed by atoms with Crippen molar-refractivity contribution in [3.05, 3.63) is 35.6 Å². The summed E-state index contributed by atoms with van der Waals surface area (Å²) in [6.45, 7) is 1.68. The van der Waals surface area contributed by atoms with Gasteiger partial charge >= 0.3 is 0 Å². The van der Waals surface area contributed by atoms with Gasteiger partial charge in [0.25, 0.3) is 0 Å². The largest absolute Gasteiger partial charge is 0.378 e. The Hall–Kier alpha value is -1.95. The zero-order valence-electron chi connectivity index (χ0n) is 13.2. The van der Waals surface area contributed by atoms with Crippen molar-refractivity contribution < 1.29 is 18.7 Å². The second-order valence-electron chi connectivity index (χ2n) is 6.23. The number of carbonyl (C=O) groups excluding carboxylic acids is 2. The first-order valence-electron chi connectivity index (χ1n) is 7.92. The number of carbonyl (C=O) groups is 2. The lowest BCUT2D eigenvalue weighted by molar-refractivity contribution is -0.134. The minimum absolute atomic E-state index is 0.0340. The molecule has 1 aromatic rings. The van der Waals surface area contributed by atoms with E-state index in [1.165, 1.54) is 6.07 Å². The fourth-order valence-corrected chi connectivity index (χ4v) is 3.20. The summed E-state index contributed by atoms with van der Waals surface area (Å²) in [4.78, 5) is 28.2. The van der Waals surface area contributed by atoms with E-state index in [0.717, 1.165) is 0 Å². The summed E-state index contributed by atoms with van der Waals surface area (Å²) >= 11 is 0. The van der Waals surface area contributed by atoms with Gasteiger partial charge in [-0.15, -0.1) is 0 Å². The van der Waals surface area contributed by atoms with E-state index in [0.29, 0.717) is 38.3 Å². The zero-order chi connectivity index (χ0) is 16.4. The third-order valence-electron chi connectivity index (χ3n) is 4.66. The second kappa shape index (κ2) is 6.66. The fourth-order valence-electron chi connectivity index (χ4n) is 3.20. The molecular weight excluding hydrogens is 299 g/mol. The molecule has 0 aliphatic carbocycles. The summed E-state index contributed by atoms with van der Waals surface area (Å²) < 4.78 is 19.2. The van der Waals surface area contributed by atoms with Crippen LogP contribution in [0.5, 0.6) is 0 Å². The maximum absolute atomic E-state index is 13.6. The molecule has 2 amide bonds. The Morgan fingerprint density at radius 1 is 1.30 bits per heavy atom. The van der Waals surface area contributed by atoms with Crippen LogP contribution in [0.25, 0.3) is 0 Å². The predicted molar refractivity (Wildman–Crippen MR) is 82.2 cm³/mol. The highest BCUT2D eigenvalue weighted by molar-refractivity contribution is 5.82. The molecule has 2 saturated heterocycles. The van der Waals surface area contributed by atoms with Crippen LogP contribution in [0.2, 0.25) is 0 Å². The molecule has 0 unspecified atom stereocenters. The van der Waals surface area contributed by atoms with Gasteiger partial charge in [0.2, 0.25) is 11.8 Å². The lowest BCUT2D eigenvalue weighted by Crippen LogP contribution is -2.45. The molecule has 6 heteroatoms. The van der Waals surface area contributed by atoms with Crippen molar-refractivity contribution >= 4 is 11.8 Å². The van der Waals surface area contributed by atoms with Gasteiger partial charge in [0.05, 0.1) is 25.2 Å². The smallest absolute Gasteiger partial charge is 0.229 e. The van der Waals surface area contributed by atoms with Gasteiger partial charge in [-0.05, 0) is 18.1 Å². The standard InChI is InChI=1S/C17H21FN2O3/c1-19-14-9-20(8-13(17(19)22)10-23-11-14)16(21)7-6-12-4-2-3-5-15(12)18/h2-5,13-14H,6-11H2,1H3/t13-,14+/m1/s1. The molecule has 2 aliphatic rings. The van der Waals surface area contributed by atoms with E-state index in [1.54, 1.807) is 35.0 Å². The molecule has 2 atom stereocenters. The van der Waals surface area contributed by atoms with Crippen LogP contribution in [0.15, 0.2) is 24.3 Å². The summed E-state index contributed by atoms with van der Waals surface area (Å²) in [6.07, 6.45) is 0.622. The molecule has 0 aromatic heterocycles. The molecule has 23 heavy (non-hydrogen) atoms. The second-order valence-corrected chi connectivity index (χ2v) is 6.23. The summed E-state index contributed by atoms with van der Waals surface area (Å²) in [7, 11) is 1.77. The van der Waals surface area contributed by atoms with E-state index in [4.69, 9.17) is 4.74 Å². The highest BCUT2D eigenvalue weighted by Gasteiger charge is 2.38. The molecule has 0 saturated carbocycles. The Morgan fingerprint density at radius 3 is 2.87 bits per heavy atom. The van der Waals surface area contributed by atoms with Crippen LogP contribution < -0.4 is 0 Å². The van der Waals surface area contributed by atoms with Crippen LogP contribution in [-0.2, 0) is 20.7 Å². The van der Waals surface area contributed by atoms with E-state index in [1.807, 2.05) is 0 Å². The van der Waals surface area contributed by atoms with Crippen LogP contribution in [0, 0.1) is 11.7 Å². The highest BCUT2D eigenvalue weighted by atomic mass is 19.1. The van der Waals surface area contributed by atoms with Gasteiger partial charge in [0.1, 0.15) is 5.82 Å². The van der Waals surface area contributed by atoms with Crippen LogP contribution in [-0.4, -0.2) is 61.0 Å². The molecule has 2 fully saturated rings. The first-order chi connectivity index (χ1) is 11.1. The first kappa shape index (κ1) is 15.9. The molecule has 124 valence electrons. The van der Waals surface area contributed by atoms with Gasteiger partial charge in [-0.1, -0.05) is 18.2 Å². The molecular formula is C17H21FN2O3. The number of likely N-dealkylation sites (N-methyl/N-ethyl adjacent to an activating group) is 1. The normalized spacial score (nSPS) is 24.5. The van der Waals surface area contributed by atoms with Gasteiger partial charge in [0.15, 0.2) is 0 Å². The van der Waals surface area contributed by atoms with Crippen molar-refractivity contribution in [3.63, 3.8) is 0 Å². The van der Waals surface area contributed by atoms with Crippen LogP contribution in [0.3, 0.4) is 0 Å². The monoisotopic (exact) mass is 320 g/mol. The van der Waals surface area contributed by atoms with Crippen molar-refractivity contribution in [1.82, 2.24) is 9.80 Å². The molecule has 0 N–H and O–H groups in total. The number of fused-ring (bicyclic) bond motifs is 3. The third-order valence-corrected chi connectivity index (χ3v) is 4.66. The topological polar surface area (TPSA) is 49.9 Å². The Kier molecular flexibility index (Phi) is 4.61. The summed E-state index contributed by atoms with van der Waals surface area (Å²) in [5, 5.41) is 0. The molecule has 3 rings (SSSR count). The third kappa shape index (κ3) is 3.37. The molecule has 1 aromatic carbocycles. The van der Waals surface area contributed by atoms with Crippen molar-refractivity contribution in [3.8, 4) is 0 Å². The van der Waals surface area contributed by atoms with Crippen molar-refractivity contribution in [2.45, 2.75) is 18.9 Å². The van der Waals surface area contributed by atoms with E-state index in [-0.39, 0.29) is 36.0 Å². The Bertz CT molecular complexity index is 607. The average Bonchev–Trinajstić information content (AvgIpc) is 2.72. The maximum atomic E-state index is 13.6. The van der Waals surface area contributed by atoms with Crippen molar-refractivity contribution in [1.29, 1.82) is 0 Å². The van der Waals surface area contributed by atoms with Gasteiger partial charge in [-0.3, -0.25) is 9.59 Å². The Balaban J connectivity index is 1.66. The summed E-state index contributed by atoms with van der Waals surface area (Å²) in [5.41, 5.74) is 0.549. The fraction of sp³-hybridized carbons (Fsp3) is 0.529. The molecule has 2 heterocycles. The van der Waals surface area contributed by atoms with E-state index in [2.05, 4.69) is 0 Å².